The Morgan fingerprint density at radius 3 is 2.52 bits per heavy atom. The fraction of sp³-hybridized carbons (Fsp3) is 0.429. The number of hydrogen-bond acceptors (Lipinski definition) is 6. The van der Waals surface area contributed by atoms with Crippen molar-refractivity contribution >= 4 is 28.8 Å². The van der Waals surface area contributed by atoms with Crippen molar-refractivity contribution in [3.05, 3.63) is 50.8 Å². The zero-order valence-corrected chi connectivity index (χ0v) is 19.1. The molecule has 29 heavy (non-hydrogen) atoms. The number of nitrogens with zero attached hydrogens (tertiary/aromatic N) is 4. The van der Waals surface area contributed by atoms with Crippen molar-refractivity contribution in [2.24, 2.45) is 0 Å². The highest BCUT2D eigenvalue weighted by molar-refractivity contribution is 7.14. The van der Waals surface area contributed by atoms with Crippen LogP contribution in [0.25, 0.3) is 11.5 Å². The minimum atomic E-state index is -0.104. The molecule has 154 valence electrons. The molecule has 0 aliphatic carbocycles. The third kappa shape index (κ3) is 4.67. The number of amides is 1. The lowest BCUT2D eigenvalue weighted by molar-refractivity contribution is 0.0676. The monoisotopic (exact) mass is 432 g/mol. The topological polar surface area (TPSA) is 72.1 Å². The van der Waals surface area contributed by atoms with E-state index in [1.165, 1.54) is 11.3 Å². The van der Waals surface area contributed by atoms with E-state index < -0.39 is 0 Å². The molecule has 0 unspecified atom stereocenters. The molecule has 8 heteroatoms. The van der Waals surface area contributed by atoms with Crippen LogP contribution in [-0.2, 0) is 12.0 Å². The molecule has 0 spiro atoms. The van der Waals surface area contributed by atoms with E-state index in [1.54, 1.807) is 11.0 Å². The second-order valence-corrected chi connectivity index (χ2v) is 9.60. The van der Waals surface area contributed by atoms with Gasteiger partial charge in [0.15, 0.2) is 0 Å². The SMILES string of the molecule is Cc1nc(C(C)(C)C)sc1C(=O)N(Cc1nnc(-c2ccccc2Cl)o1)C(C)C. The minimum Gasteiger partial charge on any atom is -0.419 e. The van der Waals surface area contributed by atoms with Gasteiger partial charge in [-0.2, -0.15) is 0 Å². The maximum absolute atomic E-state index is 13.3. The van der Waals surface area contributed by atoms with Crippen molar-refractivity contribution in [1.82, 2.24) is 20.1 Å². The number of carbonyl (C=O) groups excluding carboxylic acids is 1. The average molecular weight is 433 g/mol. The molecule has 0 aliphatic rings. The lowest BCUT2D eigenvalue weighted by Gasteiger charge is -2.24. The number of hydrogen-bond donors (Lipinski definition) is 0. The minimum absolute atomic E-state index is 0.0438. The van der Waals surface area contributed by atoms with E-state index in [2.05, 4.69) is 36.0 Å². The van der Waals surface area contributed by atoms with Gasteiger partial charge in [-0.25, -0.2) is 4.98 Å². The molecule has 3 rings (SSSR count). The first-order valence-electron chi connectivity index (χ1n) is 9.44. The normalized spacial score (nSPS) is 11.9. The summed E-state index contributed by atoms with van der Waals surface area (Å²) in [5, 5.41) is 9.70. The molecule has 6 nitrogen and oxygen atoms in total. The second-order valence-electron chi connectivity index (χ2n) is 8.19. The zero-order valence-electron chi connectivity index (χ0n) is 17.5. The van der Waals surface area contributed by atoms with Gasteiger partial charge in [0.2, 0.25) is 11.8 Å². The molecular formula is C21H25ClN4O2S. The number of thiazole rings is 1. The molecule has 1 aromatic carbocycles. The van der Waals surface area contributed by atoms with Crippen LogP contribution in [0.5, 0.6) is 0 Å². The van der Waals surface area contributed by atoms with Crippen LogP contribution in [0.3, 0.4) is 0 Å². The fourth-order valence-corrected chi connectivity index (χ4v) is 4.04. The molecule has 0 bridgehead atoms. The largest absolute Gasteiger partial charge is 0.419 e. The predicted molar refractivity (Wildman–Crippen MR) is 115 cm³/mol. The van der Waals surface area contributed by atoms with Crippen molar-refractivity contribution in [2.75, 3.05) is 0 Å². The van der Waals surface area contributed by atoms with Gasteiger partial charge in [0, 0.05) is 11.5 Å². The molecule has 2 aromatic heterocycles. The Morgan fingerprint density at radius 2 is 1.93 bits per heavy atom. The summed E-state index contributed by atoms with van der Waals surface area (Å²) in [4.78, 5) is 20.2. The van der Waals surface area contributed by atoms with E-state index in [-0.39, 0.29) is 23.9 Å². The standard InChI is InChI=1S/C21H25ClN4O2S/c1-12(2)26(19(27)17-13(3)23-20(29-17)21(4,5)6)11-16-24-25-18(28-16)14-9-7-8-10-15(14)22/h7-10,12H,11H2,1-6H3. The van der Waals surface area contributed by atoms with Crippen LogP contribution in [0.2, 0.25) is 5.02 Å². The highest BCUT2D eigenvalue weighted by Crippen LogP contribution is 2.31. The first kappa shape index (κ1) is 21.5. The lowest BCUT2D eigenvalue weighted by Crippen LogP contribution is -2.36. The first-order valence-corrected chi connectivity index (χ1v) is 10.6. The Labute approximate surface area is 179 Å². The Bertz CT molecular complexity index is 1020. The van der Waals surface area contributed by atoms with Crippen molar-refractivity contribution in [3.8, 4) is 11.5 Å². The van der Waals surface area contributed by atoms with Crippen LogP contribution in [-0.4, -0.2) is 32.0 Å². The van der Waals surface area contributed by atoms with Crippen LogP contribution in [0.4, 0.5) is 0 Å². The number of benzene rings is 1. The third-order valence-electron chi connectivity index (χ3n) is 4.39. The summed E-state index contributed by atoms with van der Waals surface area (Å²) in [5.74, 6) is 0.619. The molecular weight excluding hydrogens is 408 g/mol. The van der Waals surface area contributed by atoms with Crippen molar-refractivity contribution < 1.29 is 9.21 Å². The summed E-state index contributed by atoms with van der Waals surface area (Å²) in [6.07, 6.45) is 0. The van der Waals surface area contributed by atoms with E-state index >= 15 is 0 Å². The van der Waals surface area contributed by atoms with Crippen molar-refractivity contribution in [2.45, 2.75) is 59.5 Å². The smallest absolute Gasteiger partial charge is 0.266 e. The van der Waals surface area contributed by atoms with Crippen molar-refractivity contribution in [1.29, 1.82) is 0 Å². The maximum atomic E-state index is 13.3. The Morgan fingerprint density at radius 1 is 1.24 bits per heavy atom. The summed E-state index contributed by atoms with van der Waals surface area (Å²) >= 11 is 7.66. The molecule has 0 aliphatic heterocycles. The fourth-order valence-electron chi connectivity index (χ4n) is 2.74. The highest BCUT2D eigenvalue weighted by atomic mass is 35.5. The zero-order chi connectivity index (χ0) is 21.3. The van der Waals surface area contributed by atoms with Gasteiger partial charge in [-0.15, -0.1) is 21.5 Å². The Hall–Kier alpha value is -2.25. The molecule has 0 atom stereocenters. The molecule has 1 amide bonds. The summed E-state index contributed by atoms with van der Waals surface area (Å²) in [5.41, 5.74) is 1.31. The Balaban J connectivity index is 1.86. The van der Waals surface area contributed by atoms with Gasteiger partial charge >= 0.3 is 0 Å². The van der Waals surface area contributed by atoms with Crippen LogP contribution in [0, 0.1) is 6.92 Å². The van der Waals surface area contributed by atoms with Gasteiger partial charge in [0.1, 0.15) is 4.88 Å². The lowest BCUT2D eigenvalue weighted by atomic mass is 9.98. The first-order chi connectivity index (χ1) is 13.6. The summed E-state index contributed by atoms with van der Waals surface area (Å²) in [7, 11) is 0. The van der Waals surface area contributed by atoms with Gasteiger partial charge in [-0.1, -0.05) is 44.5 Å². The molecule has 2 heterocycles. The van der Waals surface area contributed by atoms with E-state index in [0.717, 1.165) is 10.7 Å². The number of aryl methyl sites for hydroxylation is 1. The van der Waals surface area contributed by atoms with Crippen LogP contribution < -0.4 is 0 Å². The highest BCUT2D eigenvalue weighted by Gasteiger charge is 2.28. The third-order valence-corrected chi connectivity index (χ3v) is 6.29. The second kappa shape index (κ2) is 8.24. The Kier molecular flexibility index (Phi) is 6.10. The number of aromatic nitrogens is 3. The van der Waals surface area contributed by atoms with Crippen LogP contribution >= 0.6 is 22.9 Å². The van der Waals surface area contributed by atoms with E-state index in [4.69, 9.17) is 16.0 Å². The average Bonchev–Trinajstić information content (AvgIpc) is 3.25. The molecule has 0 N–H and O–H groups in total. The maximum Gasteiger partial charge on any atom is 0.266 e. The molecule has 0 saturated carbocycles. The van der Waals surface area contributed by atoms with Crippen LogP contribution in [0.15, 0.2) is 28.7 Å². The van der Waals surface area contributed by atoms with Crippen LogP contribution in [0.1, 0.15) is 60.9 Å². The van der Waals surface area contributed by atoms with Gasteiger partial charge < -0.3 is 9.32 Å². The van der Waals surface area contributed by atoms with E-state index in [9.17, 15) is 4.79 Å². The summed E-state index contributed by atoms with van der Waals surface area (Å²) < 4.78 is 5.79. The quantitative estimate of drug-likeness (QED) is 0.532. The molecule has 3 aromatic rings. The van der Waals surface area contributed by atoms with Gasteiger partial charge in [0.05, 0.1) is 27.8 Å². The van der Waals surface area contributed by atoms with Gasteiger partial charge in [-0.05, 0) is 32.9 Å². The number of carbonyl (C=O) groups is 1. The predicted octanol–water partition coefficient (Wildman–Crippen LogP) is 5.50. The number of halogens is 1. The molecule has 0 radical (unpaired) electrons. The summed E-state index contributed by atoms with van der Waals surface area (Å²) in [6.45, 7) is 12.3. The van der Waals surface area contributed by atoms with E-state index in [0.29, 0.717) is 27.2 Å². The van der Waals surface area contributed by atoms with E-state index in [1.807, 2.05) is 39.0 Å². The van der Waals surface area contributed by atoms with Gasteiger partial charge in [-0.3, -0.25) is 4.79 Å². The van der Waals surface area contributed by atoms with Gasteiger partial charge in [0.25, 0.3) is 5.91 Å². The molecule has 0 fully saturated rings. The number of rotatable bonds is 5. The summed E-state index contributed by atoms with van der Waals surface area (Å²) in [6, 6.07) is 7.24. The molecule has 0 saturated heterocycles. The van der Waals surface area contributed by atoms with Crippen molar-refractivity contribution in [3.63, 3.8) is 0 Å².